The fourth-order valence-electron chi connectivity index (χ4n) is 2.98. The van der Waals surface area contributed by atoms with Crippen molar-refractivity contribution in [3.63, 3.8) is 0 Å². The number of hydrogen-bond acceptors (Lipinski definition) is 3. The van der Waals surface area contributed by atoms with Crippen LogP contribution in [-0.2, 0) is 11.3 Å². The minimum atomic E-state index is 0.528. The maximum Gasteiger partial charge on any atom is 0.130 e. The lowest BCUT2D eigenvalue weighted by Gasteiger charge is -2.21. The lowest BCUT2D eigenvalue weighted by atomic mass is 10.0. The third-order valence-corrected chi connectivity index (χ3v) is 4.12. The highest BCUT2D eigenvalue weighted by Gasteiger charge is 2.16. The maximum atomic E-state index is 6.13. The van der Waals surface area contributed by atoms with Gasteiger partial charge in [-0.3, -0.25) is 0 Å². The molecule has 0 spiro atoms. The van der Waals surface area contributed by atoms with Gasteiger partial charge in [0.2, 0.25) is 0 Å². The minimum Gasteiger partial charge on any atom is -0.380 e. The van der Waals surface area contributed by atoms with Crippen molar-refractivity contribution in [2.45, 2.75) is 26.4 Å². The Balaban J connectivity index is 2.14. The first kappa shape index (κ1) is 13.7. The molecule has 3 nitrogen and oxygen atoms in total. The average Bonchev–Trinajstić information content (AvgIpc) is 2.93. The fourth-order valence-corrected chi connectivity index (χ4v) is 3.20. The molecule has 1 aromatic heterocycles. The van der Waals surface area contributed by atoms with Crippen molar-refractivity contribution in [1.29, 1.82) is 0 Å². The molecule has 1 saturated heterocycles. The Morgan fingerprint density at radius 1 is 1.25 bits per heavy atom. The van der Waals surface area contributed by atoms with E-state index in [-0.39, 0.29) is 0 Å². The van der Waals surface area contributed by atoms with Crippen LogP contribution in [0.4, 0.5) is 5.69 Å². The first-order valence-electron chi connectivity index (χ1n) is 7.02. The summed E-state index contributed by atoms with van der Waals surface area (Å²) in [5, 5.41) is 1.66. The molecule has 106 valence electrons. The Morgan fingerprint density at radius 2 is 2.00 bits per heavy atom. The monoisotopic (exact) mass is 290 g/mol. The van der Waals surface area contributed by atoms with Crippen LogP contribution >= 0.6 is 11.6 Å². The quantitative estimate of drug-likeness (QED) is 0.801. The molecule has 0 amide bonds. The van der Waals surface area contributed by atoms with Gasteiger partial charge in [-0.2, -0.15) is 0 Å². The lowest BCUT2D eigenvalue weighted by molar-refractivity contribution is 0.186. The third-order valence-electron chi connectivity index (χ3n) is 3.93. The molecule has 2 heterocycles. The Bertz CT molecular complexity index is 636. The molecule has 1 fully saturated rings. The van der Waals surface area contributed by atoms with E-state index in [1.165, 1.54) is 24.1 Å². The van der Waals surface area contributed by atoms with Gasteiger partial charge < -0.3 is 9.64 Å². The summed E-state index contributed by atoms with van der Waals surface area (Å²) >= 11 is 6.13. The number of benzene rings is 1. The number of ether oxygens (including phenoxy) is 1. The molecule has 1 aromatic carbocycles. The number of halogens is 1. The van der Waals surface area contributed by atoms with Gasteiger partial charge in [-0.05, 0) is 49.1 Å². The molecule has 0 bridgehead atoms. The molecule has 0 atom stereocenters. The van der Waals surface area contributed by atoms with E-state index in [1.54, 1.807) is 7.11 Å². The molecule has 3 rings (SSSR count). The van der Waals surface area contributed by atoms with E-state index in [0.717, 1.165) is 29.6 Å². The Hall–Kier alpha value is -1.32. The van der Waals surface area contributed by atoms with Crippen LogP contribution in [0.3, 0.4) is 0 Å². The first-order chi connectivity index (χ1) is 9.69. The van der Waals surface area contributed by atoms with Crippen LogP contribution in [0.5, 0.6) is 0 Å². The second-order valence-corrected chi connectivity index (χ2v) is 5.77. The van der Waals surface area contributed by atoms with Crippen LogP contribution in [0.1, 0.15) is 24.0 Å². The fraction of sp³-hybridized carbons (Fsp3) is 0.438. The molecule has 1 aliphatic heterocycles. The number of fused-ring (bicyclic) bond motifs is 1. The highest BCUT2D eigenvalue weighted by atomic mass is 35.5. The van der Waals surface area contributed by atoms with Crippen molar-refractivity contribution in [3.05, 3.63) is 34.5 Å². The highest BCUT2D eigenvalue weighted by Crippen LogP contribution is 2.31. The van der Waals surface area contributed by atoms with Gasteiger partial charge in [0.25, 0.3) is 0 Å². The van der Waals surface area contributed by atoms with E-state index in [0.29, 0.717) is 11.8 Å². The molecule has 0 aliphatic carbocycles. The van der Waals surface area contributed by atoms with Gasteiger partial charge in [0, 0.05) is 31.3 Å². The highest BCUT2D eigenvalue weighted by molar-refractivity contribution is 6.30. The maximum absolute atomic E-state index is 6.13. The van der Waals surface area contributed by atoms with E-state index < -0.39 is 0 Å². The van der Waals surface area contributed by atoms with Crippen molar-refractivity contribution in [2.75, 3.05) is 25.1 Å². The van der Waals surface area contributed by atoms with Crippen LogP contribution in [0.25, 0.3) is 10.9 Å². The van der Waals surface area contributed by atoms with Gasteiger partial charge in [-0.1, -0.05) is 11.6 Å². The van der Waals surface area contributed by atoms with Crippen LogP contribution in [0, 0.1) is 6.92 Å². The summed E-state index contributed by atoms with van der Waals surface area (Å²) in [6.45, 7) is 5.00. The van der Waals surface area contributed by atoms with Crippen LogP contribution in [0.2, 0.25) is 5.15 Å². The third kappa shape index (κ3) is 2.48. The second-order valence-electron chi connectivity index (χ2n) is 5.39. The average molecular weight is 291 g/mol. The number of aryl methyl sites for hydroxylation is 1. The van der Waals surface area contributed by atoms with Crippen LogP contribution in [-0.4, -0.2) is 25.2 Å². The van der Waals surface area contributed by atoms with Crippen molar-refractivity contribution in [3.8, 4) is 0 Å². The standard InChI is InChI=1S/C16H19ClN2O/c1-11-7-13-12(10-20-2)8-16(17)18-14(13)9-15(11)19-5-3-4-6-19/h7-9H,3-6,10H2,1-2H3. The molecule has 2 aromatic rings. The summed E-state index contributed by atoms with van der Waals surface area (Å²) in [6.07, 6.45) is 2.55. The molecule has 0 radical (unpaired) electrons. The number of nitrogens with zero attached hydrogens (tertiary/aromatic N) is 2. The largest absolute Gasteiger partial charge is 0.380 e. The summed E-state index contributed by atoms with van der Waals surface area (Å²) < 4.78 is 5.26. The second kappa shape index (κ2) is 5.58. The number of rotatable bonds is 3. The number of pyridine rings is 1. The molecule has 4 heteroatoms. The van der Waals surface area contributed by atoms with Crippen molar-refractivity contribution >= 4 is 28.2 Å². The van der Waals surface area contributed by atoms with E-state index in [2.05, 4.69) is 28.9 Å². The van der Waals surface area contributed by atoms with Crippen LogP contribution in [0.15, 0.2) is 18.2 Å². The number of methoxy groups -OCH3 is 1. The zero-order valence-corrected chi connectivity index (χ0v) is 12.7. The van der Waals surface area contributed by atoms with Gasteiger partial charge in [0.15, 0.2) is 0 Å². The molecular weight excluding hydrogens is 272 g/mol. The summed E-state index contributed by atoms with van der Waals surface area (Å²) in [7, 11) is 1.70. The van der Waals surface area contributed by atoms with Crippen molar-refractivity contribution in [2.24, 2.45) is 0 Å². The van der Waals surface area contributed by atoms with E-state index in [9.17, 15) is 0 Å². The minimum absolute atomic E-state index is 0.528. The topological polar surface area (TPSA) is 25.4 Å². The van der Waals surface area contributed by atoms with Gasteiger partial charge in [0.05, 0.1) is 12.1 Å². The van der Waals surface area contributed by atoms with Gasteiger partial charge in [0.1, 0.15) is 5.15 Å². The predicted molar refractivity (Wildman–Crippen MR) is 83.7 cm³/mol. The van der Waals surface area contributed by atoms with Crippen LogP contribution < -0.4 is 4.90 Å². The summed E-state index contributed by atoms with van der Waals surface area (Å²) in [6, 6.07) is 6.27. The first-order valence-corrected chi connectivity index (χ1v) is 7.40. The lowest BCUT2D eigenvalue weighted by Crippen LogP contribution is -2.18. The Morgan fingerprint density at radius 3 is 2.70 bits per heavy atom. The molecule has 0 N–H and O–H groups in total. The number of anilines is 1. The number of hydrogen-bond donors (Lipinski definition) is 0. The Labute approximate surface area is 124 Å². The van der Waals surface area contributed by atoms with Gasteiger partial charge in [-0.25, -0.2) is 4.98 Å². The van der Waals surface area contributed by atoms with Crippen molar-refractivity contribution < 1.29 is 4.74 Å². The summed E-state index contributed by atoms with van der Waals surface area (Å²) in [5.74, 6) is 0. The Kier molecular flexibility index (Phi) is 3.81. The van der Waals surface area contributed by atoms with E-state index in [4.69, 9.17) is 16.3 Å². The normalized spacial score (nSPS) is 15.2. The molecule has 0 saturated carbocycles. The molecular formula is C16H19ClN2O. The zero-order chi connectivity index (χ0) is 14.1. The summed E-state index contributed by atoms with van der Waals surface area (Å²) in [5.41, 5.74) is 4.63. The SMILES string of the molecule is COCc1cc(Cl)nc2cc(N3CCCC3)c(C)cc12. The van der Waals surface area contributed by atoms with E-state index in [1.807, 2.05) is 6.07 Å². The van der Waals surface area contributed by atoms with Gasteiger partial charge >= 0.3 is 0 Å². The van der Waals surface area contributed by atoms with Gasteiger partial charge in [-0.15, -0.1) is 0 Å². The molecule has 0 unspecified atom stereocenters. The van der Waals surface area contributed by atoms with Crippen molar-refractivity contribution in [1.82, 2.24) is 4.98 Å². The zero-order valence-electron chi connectivity index (χ0n) is 11.9. The summed E-state index contributed by atoms with van der Waals surface area (Å²) in [4.78, 5) is 6.91. The van der Waals surface area contributed by atoms with E-state index >= 15 is 0 Å². The smallest absolute Gasteiger partial charge is 0.130 e. The predicted octanol–water partition coefficient (Wildman–Crippen LogP) is 3.94. The molecule has 1 aliphatic rings. The molecule has 20 heavy (non-hydrogen) atoms. The number of aromatic nitrogens is 1.